The van der Waals surface area contributed by atoms with Crippen molar-refractivity contribution in [2.75, 3.05) is 0 Å². The highest BCUT2D eigenvalue weighted by Gasteiger charge is 2.08. The lowest BCUT2D eigenvalue weighted by Crippen LogP contribution is -2.14. The number of fused-ring (bicyclic) bond motifs is 3. The molecule has 3 aromatic rings. The number of aromatic nitrogens is 4. The first kappa shape index (κ1) is 7.25. The normalized spacial score (nSPS) is 11.1. The molecule has 0 bridgehead atoms. The van der Waals surface area contributed by atoms with Gasteiger partial charge in [-0.15, -0.1) is 5.10 Å². The Kier molecular flexibility index (Phi) is 1.25. The van der Waals surface area contributed by atoms with Gasteiger partial charge in [0, 0.05) is 6.07 Å². The van der Waals surface area contributed by atoms with Crippen LogP contribution in [-0.2, 0) is 0 Å². The summed E-state index contributed by atoms with van der Waals surface area (Å²) in [7, 11) is 0. The molecule has 0 unspecified atom stereocenters. The molecule has 2 aromatic heterocycles. The van der Waals surface area contributed by atoms with Crippen LogP contribution in [0.3, 0.4) is 0 Å². The minimum absolute atomic E-state index is 0.217. The van der Waals surface area contributed by atoms with Crippen LogP contribution in [0.5, 0.6) is 0 Å². The number of aromatic amines is 2. The van der Waals surface area contributed by atoms with E-state index in [1.165, 1.54) is 4.40 Å². The Balaban J connectivity index is 2.72. The molecule has 0 fully saturated rings. The minimum Gasteiger partial charge on any atom is -0.246 e. The summed E-state index contributed by atoms with van der Waals surface area (Å²) < 4.78 is 1.53. The second kappa shape index (κ2) is 2.41. The van der Waals surface area contributed by atoms with Crippen LogP contribution in [-0.4, -0.2) is 14.6 Å². The number of rotatable bonds is 0. The Morgan fingerprint density at radius 2 is 2.21 bits per heavy atom. The van der Waals surface area contributed by atoms with Crippen LogP contribution in [0.2, 0.25) is 0 Å². The zero-order valence-electron chi connectivity index (χ0n) is 7.19. The summed E-state index contributed by atoms with van der Waals surface area (Å²) in [5.74, 6) is 0. The molecule has 0 aliphatic rings. The third kappa shape index (κ3) is 0.806. The zero-order chi connectivity index (χ0) is 9.54. The molecule has 2 heterocycles. The van der Waals surface area contributed by atoms with Crippen molar-refractivity contribution in [3.05, 3.63) is 40.9 Å². The maximum atomic E-state index is 11.4. The van der Waals surface area contributed by atoms with Crippen LogP contribution in [0.1, 0.15) is 0 Å². The molecule has 0 atom stereocenters. The Bertz CT molecular complexity index is 667. The van der Waals surface area contributed by atoms with Crippen molar-refractivity contribution in [1.29, 1.82) is 0 Å². The molecule has 5 nitrogen and oxygen atoms in total. The van der Waals surface area contributed by atoms with Crippen molar-refractivity contribution in [1.82, 2.24) is 14.6 Å². The molecule has 3 rings (SSSR count). The molecule has 0 aliphatic carbocycles. The predicted molar refractivity (Wildman–Crippen MR) is 49.9 cm³/mol. The van der Waals surface area contributed by atoms with Crippen LogP contribution < -0.4 is 10.7 Å². The van der Waals surface area contributed by atoms with Gasteiger partial charge in [-0.25, -0.2) is 19.3 Å². The number of hydrogen-bond donors (Lipinski definition) is 1. The first-order chi connectivity index (χ1) is 6.86. The standard InChI is InChI=1S/C9H6N4O/c14-9-12-11-8-5-10-6-3-1-2-4-7(6)13(8)9/h1-5H,(H,12,14)/p+1. The van der Waals surface area contributed by atoms with Crippen molar-refractivity contribution in [2.24, 2.45) is 0 Å². The number of H-pyrrole nitrogens is 2. The largest absolute Gasteiger partial charge is 0.348 e. The van der Waals surface area contributed by atoms with Gasteiger partial charge < -0.3 is 0 Å². The summed E-state index contributed by atoms with van der Waals surface area (Å²) in [6, 6.07) is 7.58. The van der Waals surface area contributed by atoms with Gasteiger partial charge in [0.2, 0.25) is 17.4 Å². The van der Waals surface area contributed by atoms with Crippen molar-refractivity contribution in [3.8, 4) is 0 Å². The topological polar surface area (TPSA) is 64.3 Å². The Hall–Kier alpha value is -2.17. The molecule has 5 heteroatoms. The van der Waals surface area contributed by atoms with E-state index in [2.05, 4.69) is 15.2 Å². The van der Waals surface area contributed by atoms with E-state index in [4.69, 9.17) is 0 Å². The van der Waals surface area contributed by atoms with Crippen LogP contribution in [0.25, 0.3) is 16.7 Å². The molecule has 0 aliphatic heterocycles. The average molecular weight is 187 g/mol. The van der Waals surface area contributed by atoms with Gasteiger partial charge in [-0.05, 0) is 6.07 Å². The van der Waals surface area contributed by atoms with Crippen molar-refractivity contribution < 1.29 is 4.98 Å². The summed E-state index contributed by atoms with van der Waals surface area (Å²) in [5.41, 5.74) is 2.10. The number of nitrogens with zero attached hydrogens (tertiary/aromatic N) is 2. The lowest BCUT2D eigenvalue weighted by atomic mass is 10.3. The van der Waals surface area contributed by atoms with E-state index in [9.17, 15) is 4.79 Å². The van der Waals surface area contributed by atoms with Gasteiger partial charge in [-0.3, -0.25) is 0 Å². The number of benzene rings is 1. The lowest BCUT2D eigenvalue weighted by Gasteiger charge is -1.92. The molecule has 0 amide bonds. The molecule has 0 saturated heterocycles. The fraction of sp³-hybridized carbons (Fsp3) is 0. The van der Waals surface area contributed by atoms with Gasteiger partial charge in [0.15, 0.2) is 0 Å². The molecular formula is C9H7N4O+. The molecule has 0 radical (unpaired) electrons. The summed E-state index contributed by atoms with van der Waals surface area (Å²) in [5, 5.41) is 6.27. The Morgan fingerprint density at radius 1 is 1.36 bits per heavy atom. The fourth-order valence-electron chi connectivity index (χ4n) is 1.57. The third-order valence-electron chi connectivity index (χ3n) is 2.20. The fourth-order valence-corrected chi connectivity index (χ4v) is 1.57. The lowest BCUT2D eigenvalue weighted by molar-refractivity contribution is -0.343. The van der Waals surface area contributed by atoms with E-state index in [-0.39, 0.29) is 5.69 Å². The van der Waals surface area contributed by atoms with Gasteiger partial charge in [0.1, 0.15) is 5.52 Å². The van der Waals surface area contributed by atoms with E-state index >= 15 is 0 Å². The molecule has 0 spiro atoms. The second-order valence-corrected chi connectivity index (χ2v) is 3.03. The first-order valence-corrected chi connectivity index (χ1v) is 4.23. The van der Waals surface area contributed by atoms with Crippen LogP contribution in [0.15, 0.2) is 35.3 Å². The second-order valence-electron chi connectivity index (χ2n) is 3.03. The summed E-state index contributed by atoms with van der Waals surface area (Å²) in [6.45, 7) is 0. The monoisotopic (exact) mass is 187 g/mol. The maximum absolute atomic E-state index is 11.4. The summed E-state index contributed by atoms with van der Waals surface area (Å²) in [6.07, 6.45) is 1.69. The summed E-state index contributed by atoms with van der Waals surface area (Å²) >= 11 is 0. The smallest absolute Gasteiger partial charge is 0.246 e. The van der Waals surface area contributed by atoms with E-state index in [0.717, 1.165) is 11.0 Å². The minimum atomic E-state index is -0.217. The van der Waals surface area contributed by atoms with Gasteiger partial charge in [0.05, 0.1) is 0 Å². The number of para-hydroxylation sites is 2. The molecule has 14 heavy (non-hydrogen) atoms. The molecule has 0 saturated carbocycles. The molecule has 2 N–H and O–H groups in total. The van der Waals surface area contributed by atoms with Crippen molar-refractivity contribution in [3.63, 3.8) is 0 Å². The van der Waals surface area contributed by atoms with Crippen LogP contribution >= 0.6 is 0 Å². The van der Waals surface area contributed by atoms with Crippen molar-refractivity contribution in [2.45, 2.75) is 0 Å². The van der Waals surface area contributed by atoms with Gasteiger partial charge in [-0.1, -0.05) is 12.1 Å². The van der Waals surface area contributed by atoms with E-state index in [1.807, 2.05) is 24.3 Å². The number of nitrogens with one attached hydrogen (secondary N) is 2. The van der Waals surface area contributed by atoms with Gasteiger partial charge >= 0.3 is 5.69 Å². The van der Waals surface area contributed by atoms with Gasteiger partial charge in [-0.2, -0.15) is 0 Å². The summed E-state index contributed by atoms with van der Waals surface area (Å²) in [4.78, 5) is 14.5. The van der Waals surface area contributed by atoms with E-state index < -0.39 is 0 Å². The van der Waals surface area contributed by atoms with Crippen molar-refractivity contribution >= 4 is 16.7 Å². The molecular weight excluding hydrogens is 180 g/mol. The zero-order valence-corrected chi connectivity index (χ0v) is 7.19. The molecule has 1 aromatic carbocycles. The SMILES string of the molecule is O=c1[nH]nc2c[nH+]c3ccccc3n12. The highest BCUT2D eigenvalue weighted by atomic mass is 16.1. The van der Waals surface area contributed by atoms with Crippen LogP contribution in [0, 0.1) is 0 Å². The van der Waals surface area contributed by atoms with Crippen LogP contribution in [0.4, 0.5) is 0 Å². The quantitative estimate of drug-likeness (QED) is 0.538. The third-order valence-corrected chi connectivity index (χ3v) is 2.20. The highest BCUT2D eigenvalue weighted by molar-refractivity contribution is 5.73. The van der Waals surface area contributed by atoms with E-state index in [0.29, 0.717) is 5.65 Å². The number of hydrogen-bond acceptors (Lipinski definition) is 2. The first-order valence-electron chi connectivity index (χ1n) is 4.23. The average Bonchev–Trinajstić information content (AvgIpc) is 2.61. The Labute approximate surface area is 78.0 Å². The van der Waals surface area contributed by atoms with Gasteiger partial charge in [0.25, 0.3) is 0 Å². The maximum Gasteiger partial charge on any atom is 0.348 e. The predicted octanol–water partition coefficient (Wildman–Crippen LogP) is -0.0101. The van der Waals surface area contributed by atoms with E-state index in [1.54, 1.807) is 6.20 Å². The Morgan fingerprint density at radius 3 is 3.14 bits per heavy atom. The molecule has 68 valence electrons. The highest BCUT2D eigenvalue weighted by Crippen LogP contribution is 2.06.